The minimum absolute atomic E-state index is 0.0147. The van der Waals surface area contributed by atoms with E-state index in [0.29, 0.717) is 5.92 Å². The van der Waals surface area contributed by atoms with Crippen LogP contribution >= 0.6 is 0 Å². The molecule has 3 heterocycles. The van der Waals surface area contributed by atoms with Crippen LogP contribution in [0.4, 0.5) is 4.39 Å². The van der Waals surface area contributed by atoms with Gasteiger partial charge in [0.05, 0.1) is 12.4 Å². The van der Waals surface area contributed by atoms with Gasteiger partial charge in [0, 0.05) is 56.2 Å². The first kappa shape index (κ1) is 17.6. The summed E-state index contributed by atoms with van der Waals surface area (Å²) in [4.78, 5) is 7.12. The highest BCUT2D eigenvalue weighted by atomic mass is 19.1. The molecule has 0 spiro atoms. The highest BCUT2D eigenvalue weighted by Gasteiger charge is 2.36. The van der Waals surface area contributed by atoms with E-state index in [1.807, 2.05) is 18.7 Å². The highest BCUT2D eigenvalue weighted by Crippen LogP contribution is 2.35. The summed E-state index contributed by atoms with van der Waals surface area (Å²) in [6.07, 6.45) is 8.28. The molecule has 0 unspecified atom stereocenters. The Morgan fingerprint density at radius 1 is 1.23 bits per heavy atom. The van der Waals surface area contributed by atoms with Crippen LogP contribution in [0.1, 0.15) is 66.8 Å². The summed E-state index contributed by atoms with van der Waals surface area (Å²) in [5, 5.41) is 12.0. The average molecular weight is 360 g/mol. The molecule has 2 atom stereocenters. The number of halogens is 1. The molecule has 2 fully saturated rings. The van der Waals surface area contributed by atoms with E-state index in [-0.39, 0.29) is 18.5 Å². The van der Waals surface area contributed by atoms with E-state index in [1.54, 1.807) is 0 Å². The van der Waals surface area contributed by atoms with Gasteiger partial charge in [0.15, 0.2) is 5.82 Å². The van der Waals surface area contributed by atoms with E-state index in [0.717, 1.165) is 37.0 Å². The van der Waals surface area contributed by atoms with Crippen molar-refractivity contribution >= 4 is 0 Å². The van der Waals surface area contributed by atoms with Crippen molar-refractivity contribution in [3.8, 4) is 0 Å². The van der Waals surface area contributed by atoms with Crippen LogP contribution in [0.3, 0.4) is 0 Å². The number of aromatic amines is 1. The quantitative estimate of drug-likeness (QED) is 0.890. The molecular formula is C19H29FN6. The van der Waals surface area contributed by atoms with Crippen LogP contribution in [0.5, 0.6) is 0 Å². The van der Waals surface area contributed by atoms with Crippen molar-refractivity contribution in [3.05, 3.63) is 29.1 Å². The molecule has 6 nitrogen and oxygen atoms in total. The van der Waals surface area contributed by atoms with Gasteiger partial charge in [-0.2, -0.15) is 10.2 Å². The summed E-state index contributed by atoms with van der Waals surface area (Å²) in [7, 11) is 1.94. The fourth-order valence-electron chi connectivity index (χ4n) is 4.60. The largest absolute Gasteiger partial charge is 0.298 e. The third-order valence-electron chi connectivity index (χ3n) is 6.07. The maximum absolute atomic E-state index is 13.7. The number of nitrogens with zero attached hydrogens (tertiary/aromatic N) is 5. The van der Waals surface area contributed by atoms with Crippen molar-refractivity contribution in [3.63, 3.8) is 0 Å². The van der Waals surface area contributed by atoms with E-state index in [4.69, 9.17) is 4.98 Å². The van der Waals surface area contributed by atoms with Crippen molar-refractivity contribution in [2.45, 2.75) is 57.4 Å². The standard InChI is InChI=1S/C19H29FN6/c1-13-16(9-25(2)24-13)11-26-10-15(8-20)17(12-26)19-21-18(22-23-19)14-6-4-3-5-7-14/h9,14-15,17H,3-8,10-12H2,1-2H3,(H,21,22,23)/t15-,17-/m1/s1. The lowest BCUT2D eigenvalue weighted by molar-refractivity contribution is 0.295. The van der Waals surface area contributed by atoms with Gasteiger partial charge in [-0.25, -0.2) is 4.98 Å². The van der Waals surface area contributed by atoms with Gasteiger partial charge in [0.25, 0.3) is 0 Å². The number of nitrogens with one attached hydrogen (secondary N) is 1. The van der Waals surface area contributed by atoms with Gasteiger partial charge in [-0.15, -0.1) is 0 Å². The number of rotatable bonds is 5. The minimum Gasteiger partial charge on any atom is -0.298 e. The van der Waals surface area contributed by atoms with Crippen molar-refractivity contribution < 1.29 is 4.39 Å². The van der Waals surface area contributed by atoms with E-state index >= 15 is 0 Å². The first-order chi connectivity index (χ1) is 12.6. The summed E-state index contributed by atoms with van der Waals surface area (Å²) in [6, 6.07) is 0. The van der Waals surface area contributed by atoms with Crippen molar-refractivity contribution in [1.29, 1.82) is 0 Å². The fourth-order valence-corrected chi connectivity index (χ4v) is 4.60. The van der Waals surface area contributed by atoms with E-state index < -0.39 is 0 Å². The second kappa shape index (κ2) is 7.47. The predicted octanol–water partition coefficient (Wildman–Crippen LogP) is 3.08. The summed E-state index contributed by atoms with van der Waals surface area (Å²) in [5.41, 5.74) is 2.26. The molecule has 0 radical (unpaired) electrons. The van der Waals surface area contributed by atoms with Gasteiger partial charge in [0.2, 0.25) is 0 Å². The Bertz CT molecular complexity index is 732. The molecule has 7 heteroatoms. The summed E-state index contributed by atoms with van der Waals surface area (Å²) in [5.74, 6) is 2.38. The van der Waals surface area contributed by atoms with Crippen LogP contribution in [0.15, 0.2) is 6.20 Å². The van der Waals surface area contributed by atoms with Gasteiger partial charge in [0.1, 0.15) is 5.82 Å². The second-order valence-electron chi connectivity index (χ2n) is 8.04. The number of alkyl halides is 1. The predicted molar refractivity (Wildman–Crippen MR) is 97.6 cm³/mol. The average Bonchev–Trinajstić information content (AvgIpc) is 3.35. The molecule has 142 valence electrons. The summed E-state index contributed by atoms with van der Waals surface area (Å²) >= 11 is 0. The first-order valence-corrected chi connectivity index (χ1v) is 9.83. The molecule has 2 aromatic rings. The Labute approximate surface area is 154 Å². The number of hydrogen-bond donors (Lipinski definition) is 1. The molecule has 1 saturated carbocycles. The smallest absolute Gasteiger partial charge is 0.153 e. The zero-order valence-corrected chi connectivity index (χ0v) is 15.8. The Morgan fingerprint density at radius 3 is 2.73 bits per heavy atom. The normalized spacial score (nSPS) is 25.2. The van der Waals surface area contributed by atoms with Crippen LogP contribution in [-0.2, 0) is 13.6 Å². The van der Waals surface area contributed by atoms with Crippen molar-refractivity contribution in [1.82, 2.24) is 29.9 Å². The third kappa shape index (κ3) is 3.54. The van der Waals surface area contributed by atoms with Crippen molar-refractivity contribution in [2.24, 2.45) is 13.0 Å². The minimum atomic E-state index is -0.313. The Kier molecular flexibility index (Phi) is 5.07. The molecular weight excluding hydrogens is 331 g/mol. The van der Waals surface area contributed by atoms with Gasteiger partial charge in [-0.05, 0) is 19.8 Å². The maximum atomic E-state index is 13.7. The number of likely N-dealkylation sites (tertiary alicyclic amines) is 1. The Hall–Kier alpha value is -1.76. The van der Waals surface area contributed by atoms with Gasteiger partial charge < -0.3 is 0 Å². The number of aromatic nitrogens is 5. The zero-order valence-electron chi connectivity index (χ0n) is 15.8. The molecule has 4 rings (SSSR count). The maximum Gasteiger partial charge on any atom is 0.153 e. The molecule has 2 aromatic heterocycles. The second-order valence-corrected chi connectivity index (χ2v) is 8.04. The van der Waals surface area contributed by atoms with Crippen LogP contribution in [0.2, 0.25) is 0 Å². The molecule has 1 aliphatic heterocycles. The highest BCUT2D eigenvalue weighted by molar-refractivity contribution is 5.16. The summed E-state index contributed by atoms with van der Waals surface area (Å²) < 4.78 is 15.5. The lowest BCUT2D eigenvalue weighted by Crippen LogP contribution is -2.20. The van der Waals surface area contributed by atoms with Crippen LogP contribution in [-0.4, -0.2) is 49.6 Å². The molecule has 26 heavy (non-hydrogen) atoms. The number of aryl methyl sites for hydroxylation is 2. The van der Waals surface area contributed by atoms with Crippen LogP contribution < -0.4 is 0 Å². The number of H-pyrrole nitrogens is 1. The first-order valence-electron chi connectivity index (χ1n) is 9.83. The zero-order chi connectivity index (χ0) is 18.1. The molecule has 0 aromatic carbocycles. The Balaban J connectivity index is 1.45. The summed E-state index contributed by atoms with van der Waals surface area (Å²) in [6.45, 7) is 4.11. The molecule has 1 aliphatic carbocycles. The number of hydrogen-bond acceptors (Lipinski definition) is 4. The molecule has 2 aliphatic rings. The van der Waals surface area contributed by atoms with Gasteiger partial charge >= 0.3 is 0 Å². The fraction of sp³-hybridized carbons (Fsp3) is 0.737. The third-order valence-corrected chi connectivity index (χ3v) is 6.07. The van der Waals surface area contributed by atoms with E-state index in [9.17, 15) is 4.39 Å². The molecule has 1 N–H and O–H groups in total. The van der Waals surface area contributed by atoms with Crippen LogP contribution in [0.25, 0.3) is 0 Å². The lowest BCUT2D eigenvalue weighted by Gasteiger charge is -2.18. The Morgan fingerprint density at radius 2 is 2.04 bits per heavy atom. The molecule has 0 bridgehead atoms. The van der Waals surface area contributed by atoms with Gasteiger partial charge in [-0.1, -0.05) is 19.3 Å². The monoisotopic (exact) mass is 360 g/mol. The van der Waals surface area contributed by atoms with E-state index in [2.05, 4.69) is 26.4 Å². The topological polar surface area (TPSA) is 62.6 Å². The molecule has 1 saturated heterocycles. The molecule has 0 amide bonds. The van der Waals surface area contributed by atoms with Gasteiger partial charge in [-0.3, -0.25) is 19.1 Å². The lowest BCUT2D eigenvalue weighted by atomic mass is 9.89. The SMILES string of the molecule is Cc1nn(C)cc1CN1C[C@@H](CF)[C@H](c2nc(C3CCCCC3)n[nH]2)C1. The van der Waals surface area contributed by atoms with Crippen LogP contribution in [0, 0.1) is 12.8 Å². The van der Waals surface area contributed by atoms with E-state index in [1.165, 1.54) is 37.7 Å². The van der Waals surface area contributed by atoms with Crippen molar-refractivity contribution in [2.75, 3.05) is 19.8 Å².